The number of carbonyl (C=O) groups is 1. The molecule has 2 fully saturated rings. The molecule has 3 aliphatic rings. The number of amides is 2. The van der Waals surface area contributed by atoms with Gasteiger partial charge in [-0.2, -0.15) is 0 Å². The van der Waals surface area contributed by atoms with Crippen LogP contribution in [0, 0.1) is 0 Å². The lowest BCUT2D eigenvalue weighted by atomic mass is 10.1. The second kappa shape index (κ2) is 8.48. The van der Waals surface area contributed by atoms with Crippen molar-refractivity contribution in [1.82, 2.24) is 9.88 Å². The van der Waals surface area contributed by atoms with Crippen molar-refractivity contribution in [2.75, 3.05) is 47.8 Å². The third-order valence-corrected chi connectivity index (χ3v) is 6.54. The highest BCUT2D eigenvalue weighted by molar-refractivity contribution is 6.03. The summed E-state index contributed by atoms with van der Waals surface area (Å²) in [5, 5.41) is 2.99. The number of piperazine rings is 1. The number of rotatable bonds is 3. The standard InChI is InChI=1S/C24H29N5O/c30-24(29-13-5-7-19-6-1-4-10-22(19)29)26-20-11-12-23(25-18-20)28-16-14-27(15-17-28)21-8-2-3-9-21/h1,4-7,10-12,18,21H,2-3,8-9,13-17H2,(H,26,30). The summed E-state index contributed by atoms with van der Waals surface area (Å²) < 4.78 is 0. The molecule has 2 aliphatic heterocycles. The molecule has 156 valence electrons. The van der Waals surface area contributed by atoms with Crippen LogP contribution in [0.1, 0.15) is 31.2 Å². The zero-order chi connectivity index (χ0) is 20.3. The van der Waals surface area contributed by atoms with Crippen molar-refractivity contribution in [2.45, 2.75) is 31.7 Å². The summed E-state index contributed by atoms with van der Waals surface area (Å²) in [5.41, 5.74) is 2.71. The van der Waals surface area contributed by atoms with Crippen molar-refractivity contribution >= 4 is 29.3 Å². The maximum atomic E-state index is 12.8. The average Bonchev–Trinajstić information content (AvgIpc) is 3.34. The van der Waals surface area contributed by atoms with Gasteiger partial charge < -0.3 is 10.2 Å². The summed E-state index contributed by atoms with van der Waals surface area (Å²) in [6.07, 6.45) is 11.3. The minimum Gasteiger partial charge on any atom is -0.354 e. The van der Waals surface area contributed by atoms with Crippen LogP contribution < -0.4 is 15.1 Å². The van der Waals surface area contributed by atoms with E-state index in [0.717, 1.165) is 55.0 Å². The molecule has 6 nitrogen and oxygen atoms in total. The zero-order valence-corrected chi connectivity index (χ0v) is 17.3. The number of hydrogen-bond donors (Lipinski definition) is 1. The number of para-hydroxylation sites is 1. The molecule has 30 heavy (non-hydrogen) atoms. The minimum atomic E-state index is -0.133. The van der Waals surface area contributed by atoms with E-state index in [1.165, 1.54) is 25.7 Å². The maximum Gasteiger partial charge on any atom is 0.326 e. The van der Waals surface area contributed by atoms with E-state index in [1.54, 1.807) is 11.1 Å². The SMILES string of the molecule is O=C(Nc1ccc(N2CCN(C3CCCC3)CC2)nc1)N1CC=Cc2ccccc21. The first-order valence-corrected chi connectivity index (χ1v) is 11.1. The van der Waals surface area contributed by atoms with Gasteiger partial charge in [0.25, 0.3) is 0 Å². The Morgan fingerprint density at radius 3 is 2.57 bits per heavy atom. The molecule has 0 radical (unpaired) electrons. The highest BCUT2D eigenvalue weighted by atomic mass is 16.2. The molecular formula is C24H29N5O. The molecule has 0 unspecified atom stereocenters. The van der Waals surface area contributed by atoms with E-state index >= 15 is 0 Å². The third kappa shape index (κ3) is 3.92. The van der Waals surface area contributed by atoms with Crippen LogP contribution in [-0.4, -0.2) is 54.7 Å². The molecule has 0 bridgehead atoms. The Balaban J connectivity index is 1.19. The van der Waals surface area contributed by atoms with Crippen LogP contribution >= 0.6 is 0 Å². The molecule has 2 aromatic rings. The van der Waals surface area contributed by atoms with E-state index in [0.29, 0.717) is 6.54 Å². The average molecular weight is 404 g/mol. The summed E-state index contributed by atoms with van der Waals surface area (Å²) >= 11 is 0. The van der Waals surface area contributed by atoms with Gasteiger partial charge >= 0.3 is 6.03 Å². The molecule has 2 amide bonds. The molecule has 1 aliphatic carbocycles. The fourth-order valence-electron chi connectivity index (χ4n) is 4.87. The van der Waals surface area contributed by atoms with Crippen LogP contribution in [0.25, 0.3) is 6.08 Å². The van der Waals surface area contributed by atoms with E-state index in [1.807, 2.05) is 42.5 Å². The zero-order valence-electron chi connectivity index (χ0n) is 17.3. The van der Waals surface area contributed by atoms with Crippen LogP contribution in [0.15, 0.2) is 48.7 Å². The number of hydrogen-bond acceptors (Lipinski definition) is 4. The number of aromatic nitrogens is 1. The molecule has 0 spiro atoms. The molecule has 1 N–H and O–H groups in total. The van der Waals surface area contributed by atoms with E-state index in [-0.39, 0.29) is 6.03 Å². The predicted octanol–water partition coefficient (Wildman–Crippen LogP) is 4.21. The second-order valence-electron chi connectivity index (χ2n) is 8.37. The number of anilines is 3. The van der Waals surface area contributed by atoms with E-state index in [2.05, 4.69) is 26.2 Å². The van der Waals surface area contributed by atoms with Gasteiger partial charge in [-0.25, -0.2) is 9.78 Å². The molecule has 6 heteroatoms. The predicted molar refractivity (Wildman–Crippen MR) is 122 cm³/mol. The van der Waals surface area contributed by atoms with Gasteiger partial charge in [0, 0.05) is 38.8 Å². The number of nitrogens with one attached hydrogen (secondary N) is 1. The molecule has 5 rings (SSSR count). The van der Waals surface area contributed by atoms with Gasteiger partial charge in [0.2, 0.25) is 0 Å². The molecule has 1 saturated heterocycles. The summed E-state index contributed by atoms with van der Waals surface area (Å²) in [7, 11) is 0. The number of pyridine rings is 1. The van der Waals surface area contributed by atoms with Crippen LogP contribution in [0.5, 0.6) is 0 Å². The monoisotopic (exact) mass is 403 g/mol. The number of benzene rings is 1. The Morgan fingerprint density at radius 2 is 1.80 bits per heavy atom. The lowest BCUT2D eigenvalue weighted by Gasteiger charge is -2.38. The fraction of sp³-hybridized carbons (Fsp3) is 0.417. The van der Waals surface area contributed by atoms with Crippen molar-refractivity contribution in [3.05, 3.63) is 54.2 Å². The Kier molecular flexibility index (Phi) is 5.41. The number of nitrogens with zero attached hydrogens (tertiary/aromatic N) is 4. The van der Waals surface area contributed by atoms with Crippen molar-refractivity contribution < 1.29 is 4.79 Å². The molecule has 0 atom stereocenters. The molecule has 1 aromatic carbocycles. The van der Waals surface area contributed by atoms with E-state index in [9.17, 15) is 4.79 Å². The smallest absolute Gasteiger partial charge is 0.326 e. The van der Waals surface area contributed by atoms with E-state index in [4.69, 9.17) is 0 Å². The molecular weight excluding hydrogens is 374 g/mol. The highest BCUT2D eigenvalue weighted by Crippen LogP contribution is 2.27. The van der Waals surface area contributed by atoms with Crippen molar-refractivity contribution in [3.8, 4) is 0 Å². The number of carbonyl (C=O) groups excluding carboxylic acids is 1. The Labute approximate surface area is 178 Å². The van der Waals surface area contributed by atoms with Crippen LogP contribution in [-0.2, 0) is 0 Å². The van der Waals surface area contributed by atoms with Crippen molar-refractivity contribution in [2.24, 2.45) is 0 Å². The van der Waals surface area contributed by atoms with Gasteiger partial charge in [-0.1, -0.05) is 43.2 Å². The van der Waals surface area contributed by atoms with Gasteiger partial charge in [0.05, 0.1) is 17.6 Å². The van der Waals surface area contributed by atoms with Gasteiger partial charge in [0.1, 0.15) is 5.82 Å². The van der Waals surface area contributed by atoms with Crippen LogP contribution in [0.4, 0.5) is 22.0 Å². The quantitative estimate of drug-likeness (QED) is 0.834. The molecule has 3 heterocycles. The van der Waals surface area contributed by atoms with Crippen molar-refractivity contribution in [3.63, 3.8) is 0 Å². The first kappa shape index (κ1) is 19.1. The van der Waals surface area contributed by atoms with E-state index < -0.39 is 0 Å². The second-order valence-corrected chi connectivity index (χ2v) is 8.37. The van der Waals surface area contributed by atoms with Gasteiger partial charge in [-0.05, 0) is 36.6 Å². The normalized spacial score (nSPS) is 19.7. The van der Waals surface area contributed by atoms with Crippen LogP contribution in [0.3, 0.4) is 0 Å². The fourth-order valence-corrected chi connectivity index (χ4v) is 4.87. The Morgan fingerprint density at radius 1 is 1.00 bits per heavy atom. The molecule has 1 aromatic heterocycles. The highest BCUT2D eigenvalue weighted by Gasteiger charge is 2.26. The molecule has 1 saturated carbocycles. The number of fused-ring (bicyclic) bond motifs is 1. The Hall–Kier alpha value is -2.86. The topological polar surface area (TPSA) is 51.7 Å². The maximum absolute atomic E-state index is 12.8. The van der Waals surface area contributed by atoms with Crippen molar-refractivity contribution in [1.29, 1.82) is 0 Å². The van der Waals surface area contributed by atoms with Crippen LogP contribution in [0.2, 0.25) is 0 Å². The first-order valence-electron chi connectivity index (χ1n) is 11.1. The lowest BCUT2D eigenvalue weighted by Crippen LogP contribution is -2.50. The lowest BCUT2D eigenvalue weighted by molar-refractivity contribution is 0.187. The summed E-state index contributed by atoms with van der Waals surface area (Å²) in [5.74, 6) is 0.991. The Bertz CT molecular complexity index is 911. The van der Waals surface area contributed by atoms with Gasteiger partial charge in [0.15, 0.2) is 0 Å². The third-order valence-electron chi connectivity index (χ3n) is 6.54. The largest absolute Gasteiger partial charge is 0.354 e. The number of urea groups is 1. The summed E-state index contributed by atoms with van der Waals surface area (Å²) in [6.45, 7) is 4.84. The van der Waals surface area contributed by atoms with Gasteiger partial charge in [-0.15, -0.1) is 0 Å². The van der Waals surface area contributed by atoms with Gasteiger partial charge in [-0.3, -0.25) is 9.80 Å². The first-order chi connectivity index (χ1) is 14.8. The minimum absolute atomic E-state index is 0.133. The summed E-state index contributed by atoms with van der Waals surface area (Å²) in [4.78, 5) is 24.2. The summed E-state index contributed by atoms with van der Waals surface area (Å²) in [6, 6.07) is 12.6.